The van der Waals surface area contributed by atoms with Crippen LogP contribution >= 0.6 is 12.2 Å². The van der Waals surface area contributed by atoms with Crippen LogP contribution in [0.15, 0.2) is 29.2 Å². The quantitative estimate of drug-likeness (QED) is 0.792. The van der Waals surface area contributed by atoms with Crippen LogP contribution in [-0.2, 0) is 21.2 Å². The zero-order valence-electron chi connectivity index (χ0n) is 11.2. The molecule has 20 heavy (non-hydrogen) atoms. The Labute approximate surface area is 124 Å². The maximum Gasteiger partial charge on any atom is 0.240 e. The SMILES string of the molecule is CC1OCCC1NS(=O)(=O)c1ccc(CC(N)=S)cc1. The number of benzene rings is 1. The van der Waals surface area contributed by atoms with Crippen molar-refractivity contribution in [3.63, 3.8) is 0 Å². The van der Waals surface area contributed by atoms with Gasteiger partial charge in [-0.05, 0) is 31.0 Å². The first-order valence-electron chi connectivity index (χ1n) is 6.39. The Morgan fingerprint density at radius 1 is 1.45 bits per heavy atom. The van der Waals surface area contributed by atoms with Gasteiger partial charge in [-0.1, -0.05) is 24.4 Å². The van der Waals surface area contributed by atoms with E-state index in [1.165, 1.54) is 0 Å². The summed E-state index contributed by atoms with van der Waals surface area (Å²) in [4.78, 5) is 0.624. The van der Waals surface area contributed by atoms with Crippen molar-refractivity contribution in [2.24, 2.45) is 5.73 Å². The van der Waals surface area contributed by atoms with E-state index < -0.39 is 10.0 Å². The number of hydrogen-bond acceptors (Lipinski definition) is 4. The molecule has 0 radical (unpaired) electrons. The van der Waals surface area contributed by atoms with Crippen LogP contribution in [0.4, 0.5) is 0 Å². The van der Waals surface area contributed by atoms with Crippen LogP contribution in [0.5, 0.6) is 0 Å². The molecule has 2 rings (SSSR count). The van der Waals surface area contributed by atoms with Gasteiger partial charge in [0, 0.05) is 13.0 Å². The predicted molar refractivity (Wildman–Crippen MR) is 81.1 cm³/mol. The lowest BCUT2D eigenvalue weighted by molar-refractivity contribution is 0.117. The molecule has 0 spiro atoms. The molecule has 2 atom stereocenters. The van der Waals surface area contributed by atoms with Gasteiger partial charge in [-0.3, -0.25) is 0 Å². The molecule has 0 aromatic heterocycles. The molecule has 0 saturated carbocycles. The second kappa shape index (κ2) is 6.17. The van der Waals surface area contributed by atoms with Gasteiger partial charge in [-0.2, -0.15) is 0 Å². The molecular formula is C13H18N2O3S2. The summed E-state index contributed by atoms with van der Waals surface area (Å²) in [5.41, 5.74) is 6.36. The summed E-state index contributed by atoms with van der Waals surface area (Å²) < 4.78 is 32.5. The van der Waals surface area contributed by atoms with Gasteiger partial charge in [0.15, 0.2) is 0 Å². The highest BCUT2D eigenvalue weighted by molar-refractivity contribution is 7.89. The van der Waals surface area contributed by atoms with Crippen LogP contribution in [0.25, 0.3) is 0 Å². The smallest absolute Gasteiger partial charge is 0.240 e. The van der Waals surface area contributed by atoms with E-state index in [0.29, 0.717) is 24.4 Å². The molecule has 5 nitrogen and oxygen atoms in total. The summed E-state index contributed by atoms with van der Waals surface area (Å²) in [6, 6.07) is 6.41. The lowest BCUT2D eigenvalue weighted by Crippen LogP contribution is -2.39. The van der Waals surface area contributed by atoms with Crippen molar-refractivity contribution < 1.29 is 13.2 Å². The first-order valence-corrected chi connectivity index (χ1v) is 8.29. The Hall–Kier alpha value is -1.02. The van der Waals surface area contributed by atoms with Crippen molar-refractivity contribution in [1.82, 2.24) is 4.72 Å². The van der Waals surface area contributed by atoms with E-state index in [0.717, 1.165) is 5.56 Å². The average molecular weight is 314 g/mol. The van der Waals surface area contributed by atoms with Crippen LogP contribution in [-0.4, -0.2) is 32.2 Å². The largest absolute Gasteiger partial charge is 0.393 e. The van der Waals surface area contributed by atoms with Crippen molar-refractivity contribution in [1.29, 1.82) is 0 Å². The average Bonchev–Trinajstić information content (AvgIpc) is 2.74. The zero-order chi connectivity index (χ0) is 14.8. The van der Waals surface area contributed by atoms with E-state index in [9.17, 15) is 8.42 Å². The number of ether oxygens (including phenoxy) is 1. The zero-order valence-corrected chi connectivity index (χ0v) is 12.8. The minimum atomic E-state index is -3.52. The van der Waals surface area contributed by atoms with Crippen LogP contribution < -0.4 is 10.5 Å². The fourth-order valence-corrected chi connectivity index (χ4v) is 3.65. The standard InChI is InChI=1S/C13H18N2O3S2/c1-9-12(6-7-18-9)15-20(16,17)11-4-2-10(3-5-11)8-13(14)19/h2-5,9,12,15H,6-8H2,1H3,(H2,14,19). The number of nitrogens with two attached hydrogens (primary N) is 1. The highest BCUT2D eigenvalue weighted by Gasteiger charge is 2.29. The molecular weight excluding hydrogens is 296 g/mol. The summed E-state index contributed by atoms with van der Waals surface area (Å²) in [5, 5.41) is 0. The van der Waals surface area contributed by atoms with Crippen molar-refractivity contribution in [2.45, 2.75) is 36.8 Å². The molecule has 1 aliphatic heterocycles. The third-order valence-electron chi connectivity index (χ3n) is 3.29. The van der Waals surface area contributed by atoms with Gasteiger partial charge in [0.25, 0.3) is 0 Å². The van der Waals surface area contributed by atoms with Gasteiger partial charge in [-0.15, -0.1) is 0 Å². The van der Waals surface area contributed by atoms with Crippen molar-refractivity contribution in [3.8, 4) is 0 Å². The van der Waals surface area contributed by atoms with Crippen molar-refractivity contribution in [2.75, 3.05) is 6.61 Å². The van der Waals surface area contributed by atoms with Crippen LogP contribution in [0.2, 0.25) is 0 Å². The Bertz CT molecular complexity index is 584. The Morgan fingerprint density at radius 3 is 2.60 bits per heavy atom. The van der Waals surface area contributed by atoms with Gasteiger partial charge in [0.2, 0.25) is 10.0 Å². The van der Waals surface area contributed by atoms with Crippen LogP contribution in [0.3, 0.4) is 0 Å². The first kappa shape index (κ1) is 15.4. The molecule has 1 aromatic carbocycles. The summed E-state index contributed by atoms with van der Waals surface area (Å²) in [7, 11) is -3.52. The fourth-order valence-electron chi connectivity index (χ4n) is 2.14. The summed E-state index contributed by atoms with van der Waals surface area (Å²) in [5.74, 6) is 0. The predicted octanol–water partition coefficient (Wildman–Crippen LogP) is 0.971. The van der Waals surface area contributed by atoms with E-state index in [2.05, 4.69) is 4.72 Å². The molecule has 1 saturated heterocycles. The minimum Gasteiger partial charge on any atom is -0.393 e. The number of thiocarbonyl (C=S) groups is 1. The molecule has 0 aliphatic carbocycles. The van der Waals surface area contributed by atoms with Gasteiger partial charge in [0.05, 0.1) is 22.0 Å². The van der Waals surface area contributed by atoms with Crippen molar-refractivity contribution in [3.05, 3.63) is 29.8 Å². The third-order valence-corrected chi connectivity index (χ3v) is 4.94. The molecule has 2 unspecified atom stereocenters. The normalized spacial score (nSPS) is 22.9. The summed E-state index contributed by atoms with van der Waals surface area (Å²) >= 11 is 4.83. The van der Waals surface area contributed by atoms with Gasteiger partial charge in [0.1, 0.15) is 0 Å². The topological polar surface area (TPSA) is 81.4 Å². The van der Waals surface area contributed by atoms with E-state index in [-0.39, 0.29) is 17.0 Å². The fraction of sp³-hybridized carbons (Fsp3) is 0.462. The maximum atomic E-state index is 12.3. The highest BCUT2D eigenvalue weighted by Crippen LogP contribution is 2.17. The molecule has 0 bridgehead atoms. The van der Waals surface area contributed by atoms with E-state index in [1.807, 2.05) is 6.92 Å². The molecule has 1 heterocycles. The molecule has 1 fully saturated rings. The second-order valence-electron chi connectivity index (χ2n) is 4.88. The number of nitrogens with one attached hydrogen (secondary N) is 1. The molecule has 7 heteroatoms. The van der Waals surface area contributed by atoms with Gasteiger partial charge in [-0.25, -0.2) is 13.1 Å². The highest BCUT2D eigenvalue weighted by atomic mass is 32.2. The lowest BCUT2D eigenvalue weighted by atomic mass is 10.1. The van der Waals surface area contributed by atoms with Crippen molar-refractivity contribution >= 4 is 27.2 Å². The molecule has 1 aliphatic rings. The number of sulfonamides is 1. The van der Waals surface area contributed by atoms with Gasteiger partial charge < -0.3 is 10.5 Å². The van der Waals surface area contributed by atoms with Crippen LogP contribution in [0, 0.1) is 0 Å². The Kier molecular flexibility index (Phi) is 4.74. The lowest BCUT2D eigenvalue weighted by Gasteiger charge is -2.16. The second-order valence-corrected chi connectivity index (χ2v) is 7.12. The monoisotopic (exact) mass is 314 g/mol. The van der Waals surface area contributed by atoms with E-state index in [4.69, 9.17) is 22.7 Å². The van der Waals surface area contributed by atoms with Gasteiger partial charge >= 0.3 is 0 Å². The minimum absolute atomic E-state index is 0.0985. The summed E-state index contributed by atoms with van der Waals surface area (Å²) in [6.45, 7) is 2.45. The molecule has 0 amide bonds. The molecule has 3 N–H and O–H groups in total. The maximum absolute atomic E-state index is 12.3. The van der Waals surface area contributed by atoms with E-state index >= 15 is 0 Å². The Balaban J connectivity index is 2.11. The third kappa shape index (κ3) is 3.76. The van der Waals surface area contributed by atoms with E-state index in [1.54, 1.807) is 24.3 Å². The Morgan fingerprint density at radius 2 is 2.10 bits per heavy atom. The first-order chi connectivity index (χ1) is 9.38. The molecule has 110 valence electrons. The van der Waals surface area contributed by atoms with Crippen LogP contribution in [0.1, 0.15) is 18.9 Å². The summed E-state index contributed by atoms with van der Waals surface area (Å²) in [6.07, 6.45) is 1.06. The number of rotatable bonds is 5. The molecule has 1 aromatic rings. The number of hydrogen-bond donors (Lipinski definition) is 2.